The fraction of sp³-hybridized carbons (Fsp3) is 0.409. The lowest BCUT2D eigenvalue weighted by Crippen LogP contribution is -2.36. The minimum absolute atomic E-state index is 0.252. The molecule has 1 atom stereocenters. The largest absolute Gasteiger partial charge is 0.443 e. The minimum atomic E-state index is -0.429. The second-order valence-corrected chi connectivity index (χ2v) is 7.53. The van der Waals surface area contributed by atoms with Crippen molar-refractivity contribution in [2.24, 2.45) is 0 Å². The minimum Gasteiger partial charge on any atom is -0.443 e. The molecule has 4 rings (SSSR count). The molecule has 0 spiro atoms. The Morgan fingerprint density at radius 3 is 2.62 bits per heavy atom. The summed E-state index contributed by atoms with van der Waals surface area (Å²) in [6, 6.07) is 15.1. The molecule has 2 aromatic carbocycles. The standard InChI is InChI=1S/C22H26FN3O3/c1-24(14-17-5-3-2-4-6-17)15-19-16-26(22(27)29-19)18-7-8-21(20(23)13-18)25-9-11-28-12-10-25/h2-8,13,19H,9-12,14-16H2,1H3/t19-/m0/s1. The van der Waals surface area contributed by atoms with Crippen LogP contribution in [0.1, 0.15) is 5.56 Å². The van der Waals surface area contributed by atoms with E-state index >= 15 is 0 Å². The van der Waals surface area contributed by atoms with Gasteiger partial charge < -0.3 is 14.4 Å². The molecule has 2 saturated heterocycles. The normalized spacial score (nSPS) is 19.7. The highest BCUT2D eigenvalue weighted by Crippen LogP contribution is 2.28. The predicted octanol–water partition coefficient (Wildman–Crippen LogP) is 3.12. The number of amides is 1. The van der Waals surface area contributed by atoms with Gasteiger partial charge in [0, 0.05) is 26.2 Å². The Kier molecular flexibility index (Phi) is 5.97. The van der Waals surface area contributed by atoms with Gasteiger partial charge in [0.25, 0.3) is 0 Å². The number of ether oxygens (including phenoxy) is 2. The van der Waals surface area contributed by atoms with E-state index in [0.29, 0.717) is 50.8 Å². The number of likely N-dealkylation sites (N-methyl/N-ethyl adjacent to an activating group) is 1. The summed E-state index contributed by atoms with van der Waals surface area (Å²) in [6.45, 7) is 4.32. The molecule has 2 aliphatic rings. The Bertz CT molecular complexity index is 842. The van der Waals surface area contributed by atoms with Gasteiger partial charge >= 0.3 is 6.09 Å². The molecule has 0 aromatic heterocycles. The summed E-state index contributed by atoms with van der Waals surface area (Å²) in [5.41, 5.74) is 2.28. The second-order valence-electron chi connectivity index (χ2n) is 7.53. The van der Waals surface area contributed by atoms with Crippen molar-refractivity contribution in [1.82, 2.24) is 4.90 Å². The van der Waals surface area contributed by atoms with Crippen LogP contribution in [0.2, 0.25) is 0 Å². The third-order valence-corrected chi connectivity index (χ3v) is 5.28. The lowest BCUT2D eigenvalue weighted by atomic mass is 10.2. The van der Waals surface area contributed by atoms with Gasteiger partial charge in [-0.05, 0) is 30.8 Å². The van der Waals surface area contributed by atoms with Crippen LogP contribution in [-0.2, 0) is 16.0 Å². The van der Waals surface area contributed by atoms with E-state index in [-0.39, 0.29) is 11.9 Å². The molecule has 0 N–H and O–H groups in total. The zero-order valence-electron chi connectivity index (χ0n) is 16.6. The maximum Gasteiger partial charge on any atom is 0.414 e. The van der Waals surface area contributed by atoms with Crippen LogP contribution in [-0.4, -0.2) is 63.5 Å². The zero-order chi connectivity index (χ0) is 20.2. The number of carbonyl (C=O) groups excluding carboxylic acids is 1. The molecule has 0 saturated carbocycles. The number of halogens is 1. The molecule has 2 aromatic rings. The van der Waals surface area contributed by atoms with Gasteiger partial charge in [-0.2, -0.15) is 0 Å². The van der Waals surface area contributed by atoms with Crippen LogP contribution in [0.25, 0.3) is 0 Å². The molecule has 7 heteroatoms. The molecule has 154 valence electrons. The van der Waals surface area contributed by atoms with Crippen molar-refractivity contribution in [2.45, 2.75) is 12.6 Å². The molecular weight excluding hydrogens is 373 g/mol. The van der Waals surface area contributed by atoms with Crippen LogP contribution >= 0.6 is 0 Å². The number of hydrogen-bond acceptors (Lipinski definition) is 5. The van der Waals surface area contributed by atoms with Gasteiger partial charge in [0.1, 0.15) is 11.9 Å². The first-order valence-electron chi connectivity index (χ1n) is 9.93. The number of hydrogen-bond donors (Lipinski definition) is 0. The van der Waals surface area contributed by atoms with Gasteiger partial charge in [0.2, 0.25) is 0 Å². The fourth-order valence-corrected chi connectivity index (χ4v) is 3.86. The Labute approximate surface area is 170 Å². The molecule has 2 heterocycles. The Balaban J connectivity index is 1.38. The number of carbonyl (C=O) groups is 1. The molecule has 29 heavy (non-hydrogen) atoms. The van der Waals surface area contributed by atoms with Crippen LogP contribution in [0, 0.1) is 5.82 Å². The van der Waals surface area contributed by atoms with Crippen molar-refractivity contribution in [3.8, 4) is 0 Å². The van der Waals surface area contributed by atoms with Crippen LogP contribution in [0.5, 0.6) is 0 Å². The topological polar surface area (TPSA) is 45.2 Å². The highest BCUT2D eigenvalue weighted by Gasteiger charge is 2.33. The molecule has 6 nitrogen and oxygen atoms in total. The van der Waals surface area contributed by atoms with Crippen molar-refractivity contribution in [2.75, 3.05) is 56.2 Å². The van der Waals surface area contributed by atoms with Crippen molar-refractivity contribution < 1.29 is 18.7 Å². The SMILES string of the molecule is CN(Cc1ccccc1)C[C@H]1CN(c2ccc(N3CCOCC3)c(F)c2)C(=O)O1. The van der Waals surface area contributed by atoms with Gasteiger partial charge in [0.15, 0.2) is 0 Å². The second kappa shape index (κ2) is 8.80. The van der Waals surface area contributed by atoms with Crippen molar-refractivity contribution in [3.63, 3.8) is 0 Å². The highest BCUT2D eigenvalue weighted by molar-refractivity contribution is 5.90. The van der Waals surface area contributed by atoms with E-state index in [4.69, 9.17) is 9.47 Å². The average Bonchev–Trinajstić information content (AvgIpc) is 3.09. The molecule has 0 unspecified atom stereocenters. The van der Waals surface area contributed by atoms with E-state index in [1.54, 1.807) is 12.1 Å². The Morgan fingerprint density at radius 1 is 1.14 bits per heavy atom. The molecule has 0 aliphatic carbocycles. The Hall–Kier alpha value is -2.64. The number of nitrogens with zero attached hydrogens (tertiary/aromatic N) is 3. The van der Waals surface area contributed by atoms with Gasteiger partial charge in [-0.1, -0.05) is 30.3 Å². The van der Waals surface area contributed by atoms with E-state index in [0.717, 1.165) is 6.54 Å². The number of benzene rings is 2. The van der Waals surface area contributed by atoms with E-state index in [1.165, 1.54) is 16.5 Å². The molecule has 0 bridgehead atoms. The van der Waals surface area contributed by atoms with Gasteiger partial charge in [-0.15, -0.1) is 0 Å². The summed E-state index contributed by atoms with van der Waals surface area (Å²) in [7, 11) is 2.00. The third kappa shape index (κ3) is 4.68. The number of morpholine rings is 1. The van der Waals surface area contributed by atoms with Crippen LogP contribution < -0.4 is 9.80 Å². The third-order valence-electron chi connectivity index (χ3n) is 5.28. The summed E-state index contributed by atoms with van der Waals surface area (Å²) in [4.78, 5) is 18.0. The summed E-state index contributed by atoms with van der Waals surface area (Å²) < 4.78 is 25.5. The van der Waals surface area contributed by atoms with Gasteiger partial charge in [0.05, 0.1) is 31.1 Å². The zero-order valence-corrected chi connectivity index (χ0v) is 16.6. The Morgan fingerprint density at radius 2 is 1.90 bits per heavy atom. The summed E-state index contributed by atoms with van der Waals surface area (Å²) in [5, 5.41) is 0. The molecular formula is C22H26FN3O3. The monoisotopic (exact) mass is 399 g/mol. The molecule has 1 amide bonds. The van der Waals surface area contributed by atoms with Crippen LogP contribution in [0.4, 0.5) is 20.6 Å². The lowest BCUT2D eigenvalue weighted by Gasteiger charge is -2.29. The lowest BCUT2D eigenvalue weighted by molar-refractivity contribution is 0.115. The van der Waals surface area contributed by atoms with Gasteiger partial charge in [-0.25, -0.2) is 9.18 Å². The van der Waals surface area contributed by atoms with E-state index in [2.05, 4.69) is 17.0 Å². The molecule has 0 radical (unpaired) electrons. The number of rotatable bonds is 6. The smallest absolute Gasteiger partial charge is 0.414 e. The number of cyclic esters (lactones) is 1. The fourth-order valence-electron chi connectivity index (χ4n) is 3.86. The first-order chi connectivity index (χ1) is 14.1. The van der Waals surface area contributed by atoms with Crippen molar-refractivity contribution >= 4 is 17.5 Å². The van der Waals surface area contributed by atoms with Gasteiger partial charge in [-0.3, -0.25) is 9.80 Å². The van der Waals surface area contributed by atoms with Crippen molar-refractivity contribution in [3.05, 3.63) is 59.9 Å². The average molecular weight is 399 g/mol. The predicted molar refractivity (Wildman–Crippen MR) is 110 cm³/mol. The summed E-state index contributed by atoms with van der Waals surface area (Å²) >= 11 is 0. The first kappa shape index (κ1) is 19.7. The number of anilines is 2. The van der Waals surface area contributed by atoms with E-state index < -0.39 is 6.09 Å². The quantitative estimate of drug-likeness (QED) is 0.747. The molecule has 2 aliphatic heterocycles. The van der Waals surface area contributed by atoms with E-state index in [1.807, 2.05) is 30.1 Å². The summed E-state index contributed by atoms with van der Waals surface area (Å²) in [6.07, 6.45) is -0.681. The first-order valence-corrected chi connectivity index (χ1v) is 9.93. The van der Waals surface area contributed by atoms with E-state index in [9.17, 15) is 9.18 Å². The maximum atomic E-state index is 14.7. The van der Waals surface area contributed by atoms with Crippen molar-refractivity contribution in [1.29, 1.82) is 0 Å². The van der Waals surface area contributed by atoms with Crippen LogP contribution in [0.3, 0.4) is 0 Å². The summed E-state index contributed by atoms with van der Waals surface area (Å²) in [5.74, 6) is -0.332. The maximum absolute atomic E-state index is 14.7. The highest BCUT2D eigenvalue weighted by atomic mass is 19.1. The van der Waals surface area contributed by atoms with Crippen LogP contribution in [0.15, 0.2) is 48.5 Å². The molecule has 2 fully saturated rings.